The van der Waals surface area contributed by atoms with E-state index < -0.39 is 23.7 Å². The number of aliphatic carboxylic acids is 1. The van der Waals surface area contributed by atoms with E-state index in [2.05, 4.69) is 12.1 Å². The number of benzene rings is 1. The largest absolute Gasteiger partial charge is 0.480 e. The number of hydrogen-bond acceptors (Lipinski definition) is 3. The molecular formula is C19H27NO4. The van der Waals surface area contributed by atoms with Crippen LogP contribution < -0.4 is 0 Å². The van der Waals surface area contributed by atoms with Gasteiger partial charge < -0.3 is 9.84 Å². The molecule has 1 aliphatic rings. The number of carboxylic acids is 1. The summed E-state index contributed by atoms with van der Waals surface area (Å²) in [7, 11) is 0. The van der Waals surface area contributed by atoms with E-state index in [1.807, 2.05) is 20.8 Å². The number of ether oxygens (including phenoxy) is 1. The third kappa shape index (κ3) is 3.71. The summed E-state index contributed by atoms with van der Waals surface area (Å²) in [6.07, 6.45) is 0.0680. The van der Waals surface area contributed by atoms with E-state index in [1.165, 1.54) is 10.5 Å². The molecule has 132 valence electrons. The van der Waals surface area contributed by atoms with Crippen molar-refractivity contribution in [1.82, 2.24) is 4.90 Å². The Balaban J connectivity index is 2.35. The highest BCUT2D eigenvalue weighted by Gasteiger charge is 2.44. The van der Waals surface area contributed by atoms with Crippen LogP contribution in [0.2, 0.25) is 0 Å². The molecule has 0 aromatic heterocycles. The molecule has 0 saturated carbocycles. The van der Waals surface area contributed by atoms with Crippen molar-refractivity contribution in [2.75, 3.05) is 6.54 Å². The molecule has 2 atom stereocenters. The molecule has 0 aliphatic carbocycles. The molecule has 1 N–H and O–H groups in total. The lowest BCUT2D eigenvalue weighted by molar-refractivity contribution is -0.142. The van der Waals surface area contributed by atoms with Crippen molar-refractivity contribution in [3.05, 3.63) is 34.4 Å². The average Bonchev–Trinajstić information content (AvgIpc) is 2.85. The topological polar surface area (TPSA) is 66.8 Å². The van der Waals surface area contributed by atoms with Crippen molar-refractivity contribution < 1.29 is 19.4 Å². The zero-order valence-electron chi connectivity index (χ0n) is 15.3. The van der Waals surface area contributed by atoms with Crippen LogP contribution in [-0.2, 0) is 9.53 Å². The van der Waals surface area contributed by atoms with Crippen LogP contribution in [0.1, 0.15) is 55.4 Å². The lowest BCUT2D eigenvalue weighted by Crippen LogP contribution is -2.45. The Morgan fingerprint density at radius 3 is 2.25 bits per heavy atom. The fraction of sp³-hybridized carbons (Fsp3) is 0.579. The standard InChI is InChI=1S/C19H27NO4/c1-11-9-13(3)15(10-12(11)2)14-7-8-20(16(14)17(21)22)18(23)24-19(4,5)6/h9-10,14,16H,7-8H2,1-6H3,(H,21,22). The minimum atomic E-state index is -0.985. The van der Waals surface area contributed by atoms with Crippen molar-refractivity contribution >= 4 is 12.1 Å². The molecule has 1 saturated heterocycles. The second-order valence-corrected chi connectivity index (χ2v) is 7.65. The fourth-order valence-corrected chi connectivity index (χ4v) is 3.33. The van der Waals surface area contributed by atoms with E-state index in [-0.39, 0.29) is 5.92 Å². The van der Waals surface area contributed by atoms with Crippen LogP contribution in [0.5, 0.6) is 0 Å². The molecule has 1 aromatic rings. The third-order valence-electron chi connectivity index (χ3n) is 4.56. The van der Waals surface area contributed by atoms with Crippen LogP contribution in [0.4, 0.5) is 4.79 Å². The van der Waals surface area contributed by atoms with Gasteiger partial charge >= 0.3 is 12.1 Å². The van der Waals surface area contributed by atoms with Gasteiger partial charge in [0.05, 0.1) is 0 Å². The molecule has 0 radical (unpaired) electrons. The summed E-state index contributed by atoms with van der Waals surface area (Å²) in [5.74, 6) is -1.20. The van der Waals surface area contributed by atoms with Gasteiger partial charge in [-0.2, -0.15) is 0 Å². The maximum absolute atomic E-state index is 12.4. The minimum Gasteiger partial charge on any atom is -0.480 e. The van der Waals surface area contributed by atoms with Crippen LogP contribution in [0.3, 0.4) is 0 Å². The van der Waals surface area contributed by atoms with Crippen molar-refractivity contribution in [1.29, 1.82) is 0 Å². The number of carboxylic acid groups (broad SMARTS) is 1. The lowest BCUT2D eigenvalue weighted by atomic mass is 9.86. The number of carbonyl (C=O) groups excluding carboxylic acids is 1. The minimum absolute atomic E-state index is 0.214. The highest BCUT2D eigenvalue weighted by Crippen LogP contribution is 2.37. The van der Waals surface area contributed by atoms with Crippen LogP contribution in [0.15, 0.2) is 12.1 Å². The molecule has 1 fully saturated rings. The monoisotopic (exact) mass is 333 g/mol. The van der Waals surface area contributed by atoms with Gasteiger partial charge in [0.1, 0.15) is 11.6 Å². The van der Waals surface area contributed by atoms with Gasteiger partial charge in [0.15, 0.2) is 0 Å². The number of amides is 1. The van der Waals surface area contributed by atoms with E-state index >= 15 is 0 Å². The van der Waals surface area contributed by atoms with E-state index in [0.29, 0.717) is 13.0 Å². The Hall–Kier alpha value is -2.04. The van der Waals surface area contributed by atoms with Crippen molar-refractivity contribution in [2.24, 2.45) is 0 Å². The van der Waals surface area contributed by atoms with Crippen LogP contribution in [0.25, 0.3) is 0 Å². The Labute approximate surface area is 143 Å². The molecule has 2 unspecified atom stereocenters. The zero-order valence-corrected chi connectivity index (χ0v) is 15.3. The first-order valence-corrected chi connectivity index (χ1v) is 8.31. The van der Waals surface area contributed by atoms with Gasteiger partial charge in [-0.3, -0.25) is 4.90 Å². The van der Waals surface area contributed by atoms with Gasteiger partial charge in [-0.05, 0) is 70.2 Å². The summed E-state index contributed by atoms with van der Waals surface area (Å²) in [6, 6.07) is 3.25. The zero-order chi connectivity index (χ0) is 18.2. The van der Waals surface area contributed by atoms with Gasteiger partial charge in [0.2, 0.25) is 0 Å². The molecule has 5 nitrogen and oxygen atoms in total. The Kier molecular flexibility index (Phi) is 4.92. The third-order valence-corrected chi connectivity index (χ3v) is 4.56. The van der Waals surface area contributed by atoms with Crippen molar-refractivity contribution in [3.8, 4) is 0 Å². The van der Waals surface area contributed by atoms with Crippen molar-refractivity contribution in [2.45, 2.75) is 65.5 Å². The van der Waals surface area contributed by atoms with E-state index in [1.54, 1.807) is 20.8 Å². The summed E-state index contributed by atoms with van der Waals surface area (Å²) >= 11 is 0. The van der Waals surface area contributed by atoms with Crippen LogP contribution >= 0.6 is 0 Å². The number of rotatable bonds is 2. The molecule has 1 aliphatic heterocycles. The Bertz CT molecular complexity index is 660. The van der Waals surface area contributed by atoms with Gasteiger partial charge in [-0.25, -0.2) is 9.59 Å². The first-order chi connectivity index (χ1) is 11.0. The first-order valence-electron chi connectivity index (χ1n) is 8.31. The second-order valence-electron chi connectivity index (χ2n) is 7.65. The predicted molar refractivity (Wildman–Crippen MR) is 92.4 cm³/mol. The lowest BCUT2D eigenvalue weighted by Gasteiger charge is -2.29. The summed E-state index contributed by atoms with van der Waals surface area (Å²) < 4.78 is 5.38. The summed E-state index contributed by atoms with van der Waals surface area (Å²) in [4.78, 5) is 25.6. The molecular weight excluding hydrogens is 306 g/mol. The normalized spacial score (nSPS) is 21.0. The van der Waals surface area contributed by atoms with Crippen LogP contribution in [0, 0.1) is 20.8 Å². The SMILES string of the molecule is Cc1cc(C)c(C2CCN(C(=O)OC(C)(C)C)C2C(=O)O)cc1C. The van der Waals surface area contributed by atoms with Gasteiger partial charge in [-0.15, -0.1) is 0 Å². The fourth-order valence-electron chi connectivity index (χ4n) is 3.33. The first kappa shape index (κ1) is 18.3. The highest BCUT2D eigenvalue weighted by molar-refractivity contribution is 5.82. The van der Waals surface area contributed by atoms with Gasteiger partial charge in [-0.1, -0.05) is 12.1 Å². The van der Waals surface area contributed by atoms with Gasteiger partial charge in [0.25, 0.3) is 0 Å². The van der Waals surface area contributed by atoms with E-state index in [9.17, 15) is 14.7 Å². The number of hydrogen-bond donors (Lipinski definition) is 1. The summed E-state index contributed by atoms with van der Waals surface area (Å²) in [6.45, 7) is 11.8. The summed E-state index contributed by atoms with van der Waals surface area (Å²) in [5.41, 5.74) is 3.76. The molecule has 24 heavy (non-hydrogen) atoms. The second kappa shape index (κ2) is 6.46. The molecule has 0 bridgehead atoms. The summed E-state index contributed by atoms with van der Waals surface area (Å²) in [5, 5.41) is 9.73. The number of likely N-dealkylation sites (tertiary alicyclic amines) is 1. The Morgan fingerprint density at radius 1 is 1.12 bits per heavy atom. The number of aryl methyl sites for hydroxylation is 3. The van der Waals surface area contributed by atoms with Crippen molar-refractivity contribution in [3.63, 3.8) is 0 Å². The van der Waals surface area contributed by atoms with E-state index in [4.69, 9.17) is 4.74 Å². The molecule has 0 spiro atoms. The van der Waals surface area contributed by atoms with E-state index in [0.717, 1.165) is 16.7 Å². The molecule has 5 heteroatoms. The number of nitrogens with zero attached hydrogens (tertiary/aromatic N) is 1. The molecule has 1 amide bonds. The Morgan fingerprint density at radius 2 is 1.71 bits per heavy atom. The van der Waals surface area contributed by atoms with Crippen LogP contribution in [-0.4, -0.2) is 40.3 Å². The predicted octanol–water partition coefficient (Wildman–Crippen LogP) is 3.79. The van der Waals surface area contributed by atoms with Gasteiger partial charge in [0, 0.05) is 12.5 Å². The quantitative estimate of drug-likeness (QED) is 0.894. The molecule has 1 heterocycles. The highest BCUT2D eigenvalue weighted by atomic mass is 16.6. The smallest absolute Gasteiger partial charge is 0.411 e. The maximum Gasteiger partial charge on any atom is 0.411 e. The average molecular weight is 333 g/mol. The molecule has 1 aromatic carbocycles. The maximum atomic E-state index is 12.4. The molecule has 2 rings (SSSR count). The number of carbonyl (C=O) groups is 2.